The van der Waals surface area contributed by atoms with Crippen LogP contribution in [0.25, 0.3) is 0 Å². The third-order valence-electron chi connectivity index (χ3n) is 3.83. The monoisotopic (exact) mass is 332 g/mol. The number of ether oxygens (including phenoxy) is 1. The average molecular weight is 332 g/mol. The highest BCUT2D eigenvalue weighted by Gasteiger charge is 2.28. The molecule has 2 aromatic heterocycles. The van der Waals surface area contributed by atoms with Crippen molar-refractivity contribution in [3.63, 3.8) is 0 Å². The topological polar surface area (TPSA) is 58.6 Å². The third kappa shape index (κ3) is 3.35. The van der Waals surface area contributed by atoms with E-state index in [0.29, 0.717) is 25.6 Å². The van der Waals surface area contributed by atoms with Crippen LogP contribution in [0, 0.1) is 6.92 Å². The second-order valence-corrected chi connectivity index (χ2v) is 6.50. The molecule has 1 fully saturated rings. The molecule has 0 bridgehead atoms. The smallest absolute Gasteiger partial charge is 0.255 e. The zero-order valence-electron chi connectivity index (χ0n) is 13.5. The number of aromatic nitrogens is 2. The fourth-order valence-electron chi connectivity index (χ4n) is 2.52. The van der Waals surface area contributed by atoms with Crippen molar-refractivity contribution in [2.45, 2.75) is 13.0 Å². The minimum Gasteiger partial charge on any atom is -0.368 e. The average Bonchev–Trinajstić information content (AvgIpc) is 3.00. The van der Waals surface area contributed by atoms with E-state index in [1.54, 1.807) is 17.5 Å². The Morgan fingerprint density at radius 3 is 2.96 bits per heavy atom. The van der Waals surface area contributed by atoms with E-state index in [1.807, 2.05) is 47.6 Å². The zero-order valence-corrected chi connectivity index (χ0v) is 14.3. The van der Waals surface area contributed by atoms with Gasteiger partial charge in [-0.25, -0.2) is 9.97 Å². The van der Waals surface area contributed by atoms with Crippen LogP contribution in [0.3, 0.4) is 0 Å². The highest BCUT2D eigenvalue weighted by molar-refractivity contribution is 7.08. The maximum Gasteiger partial charge on any atom is 0.255 e. The van der Waals surface area contributed by atoms with Gasteiger partial charge in [0.2, 0.25) is 5.95 Å². The number of morpholine rings is 1. The maximum absolute atomic E-state index is 12.7. The van der Waals surface area contributed by atoms with Crippen molar-refractivity contribution < 1.29 is 9.53 Å². The molecule has 7 heteroatoms. The molecule has 0 aromatic carbocycles. The van der Waals surface area contributed by atoms with E-state index in [9.17, 15) is 4.79 Å². The Hall–Kier alpha value is -1.99. The number of rotatable bonds is 3. The van der Waals surface area contributed by atoms with Crippen molar-refractivity contribution in [2.75, 3.05) is 38.7 Å². The van der Waals surface area contributed by atoms with Crippen molar-refractivity contribution in [1.82, 2.24) is 14.9 Å². The molecule has 0 unspecified atom stereocenters. The molecule has 0 aliphatic carbocycles. The molecule has 3 heterocycles. The molecule has 6 nitrogen and oxygen atoms in total. The molecule has 1 aliphatic heterocycles. The van der Waals surface area contributed by atoms with Crippen LogP contribution in [0.5, 0.6) is 0 Å². The van der Waals surface area contributed by atoms with Gasteiger partial charge in [0, 0.05) is 32.2 Å². The Morgan fingerprint density at radius 1 is 1.43 bits per heavy atom. The van der Waals surface area contributed by atoms with E-state index in [1.165, 1.54) is 0 Å². The van der Waals surface area contributed by atoms with E-state index in [2.05, 4.69) is 9.97 Å². The first kappa shape index (κ1) is 15.9. The maximum atomic E-state index is 12.7. The van der Waals surface area contributed by atoms with Gasteiger partial charge >= 0.3 is 0 Å². The highest BCUT2D eigenvalue weighted by atomic mass is 32.1. The third-order valence-corrected chi connectivity index (χ3v) is 4.70. The minimum absolute atomic E-state index is 0.0685. The normalized spacial score (nSPS) is 18.0. The van der Waals surface area contributed by atoms with Gasteiger partial charge < -0.3 is 14.5 Å². The molecule has 0 saturated carbocycles. The predicted octanol–water partition coefficient (Wildman–Crippen LogP) is 2.13. The Morgan fingerprint density at radius 2 is 2.26 bits per heavy atom. The van der Waals surface area contributed by atoms with Crippen LogP contribution >= 0.6 is 11.3 Å². The Bertz CT molecular complexity index is 701. The van der Waals surface area contributed by atoms with Gasteiger partial charge in [0.15, 0.2) is 0 Å². The van der Waals surface area contributed by atoms with E-state index in [-0.39, 0.29) is 12.0 Å². The number of amides is 1. The number of anilines is 1. The first-order chi connectivity index (χ1) is 11.1. The van der Waals surface area contributed by atoms with Crippen LogP contribution < -0.4 is 4.90 Å². The van der Waals surface area contributed by atoms with Crippen LogP contribution in [-0.2, 0) is 4.74 Å². The Labute approximate surface area is 139 Å². The van der Waals surface area contributed by atoms with Crippen LogP contribution in [0.15, 0.2) is 23.0 Å². The molecule has 23 heavy (non-hydrogen) atoms. The minimum atomic E-state index is -0.214. The molecule has 1 atom stereocenters. The van der Waals surface area contributed by atoms with Gasteiger partial charge in [-0.3, -0.25) is 4.79 Å². The molecular formula is C16H20N4O2S. The molecule has 1 amide bonds. The number of aryl methyl sites for hydroxylation is 1. The van der Waals surface area contributed by atoms with Gasteiger partial charge in [-0.1, -0.05) is 0 Å². The second kappa shape index (κ2) is 6.64. The summed E-state index contributed by atoms with van der Waals surface area (Å²) in [4.78, 5) is 25.1. The molecular weight excluding hydrogens is 312 g/mol. The summed E-state index contributed by atoms with van der Waals surface area (Å²) in [5.41, 5.74) is 2.62. The van der Waals surface area contributed by atoms with E-state index < -0.39 is 0 Å². The van der Waals surface area contributed by atoms with Crippen LogP contribution in [0.2, 0.25) is 0 Å². The fraction of sp³-hybridized carbons (Fsp3) is 0.438. The number of hydrogen-bond acceptors (Lipinski definition) is 6. The summed E-state index contributed by atoms with van der Waals surface area (Å²) in [7, 11) is 3.80. The number of hydrogen-bond donors (Lipinski definition) is 0. The first-order valence-electron chi connectivity index (χ1n) is 7.50. The molecule has 1 aliphatic rings. The highest BCUT2D eigenvalue weighted by Crippen LogP contribution is 2.24. The first-order valence-corrected chi connectivity index (χ1v) is 8.44. The van der Waals surface area contributed by atoms with Crippen molar-refractivity contribution >= 4 is 23.2 Å². The van der Waals surface area contributed by atoms with Crippen LogP contribution in [0.4, 0.5) is 5.95 Å². The van der Waals surface area contributed by atoms with Gasteiger partial charge in [0.25, 0.3) is 5.91 Å². The van der Waals surface area contributed by atoms with Gasteiger partial charge in [0.1, 0.15) is 6.10 Å². The Balaban J connectivity index is 1.77. The number of carbonyl (C=O) groups excluding carboxylic acids is 1. The van der Waals surface area contributed by atoms with Crippen LogP contribution in [0.1, 0.15) is 27.7 Å². The van der Waals surface area contributed by atoms with Crippen molar-refractivity contribution in [3.8, 4) is 0 Å². The molecule has 122 valence electrons. The van der Waals surface area contributed by atoms with Crippen molar-refractivity contribution in [1.29, 1.82) is 0 Å². The summed E-state index contributed by atoms with van der Waals surface area (Å²) in [6, 6.07) is 1.85. The lowest BCUT2D eigenvalue weighted by molar-refractivity contribution is -0.0247. The Kier molecular flexibility index (Phi) is 4.58. The standard InChI is InChI=1S/C16H20N4O2S/c1-11-9-23-10-12(11)15(21)20-6-7-22-14(8-20)13-4-5-17-16(18-13)19(2)3/h4-5,9-10,14H,6-8H2,1-3H3/t14-/m1/s1. The summed E-state index contributed by atoms with van der Waals surface area (Å²) in [5.74, 6) is 0.710. The lowest BCUT2D eigenvalue weighted by Crippen LogP contribution is -2.42. The number of thiophene rings is 1. The van der Waals surface area contributed by atoms with Crippen LogP contribution in [-0.4, -0.2) is 54.6 Å². The zero-order chi connectivity index (χ0) is 16.4. The fourth-order valence-corrected chi connectivity index (χ4v) is 3.34. The van der Waals surface area contributed by atoms with Gasteiger partial charge in [-0.15, -0.1) is 0 Å². The summed E-state index contributed by atoms with van der Waals surface area (Å²) in [6.07, 6.45) is 1.51. The van der Waals surface area contributed by atoms with E-state index in [0.717, 1.165) is 16.8 Å². The van der Waals surface area contributed by atoms with E-state index >= 15 is 0 Å². The lowest BCUT2D eigenvalue weighted by atomic mass is 10.1. The summed E-state index contributed by atoms with van der Waals surface area (Å²) < 4.78 is 5.83. The lowest BCUT2D eigenvalue weighted by Gasteiger charge is -2.32. The van der Waals surface area contributed by atoms with Crippen molar-refractivity contribution in [3.05, 3.63) is 39.8 Å². The number of nitrogens with zero attached hydrogens (tertiary/aromatic N) is 4. The molecule has 0 radical (unpaired) electrons. The number of carbonyl (C=O) groups is 1. The molecule has 1 saturated heterocycles. The molecule has 3 rings (SSSR count). The van der Waals surface area contributed by atoms with E-state index in [4.69, 9.17) is 4.74 Å². The predicted molar refractivity (Wildman–Crippen MR) is 90.0 cm³/mol. The van der Waals surface area contributed by atoms with Gasteiger partial charge in [-0.2, -0.15) is 11.3 Å². The molecule has 2 aromatic rings. The summed E-state index contributed by atoms with van der Waals surface area (Å²) in [6.45, 7) is 3.60. The SMILES string of the molecule is Cc1cscc1C(=O)N1CCO[C@@H](c2ccnc(N(C)C)n2)C1. The molecule has 0 N–H and O–H groups in total. The van der Waals surface area contributed by atoms with Crippen molar-refractivity contribution in [2.24, 2.45) is 0 Å². The quantitative estimate of drug-likeness (QED) is 0.862. The largest absolute Gasteiger partial charge is 0.368 e. The summed E-state index contributed by atoms with van der Waals surface area (Å²) in [5, 5.41) is 3.91. The van der Waals surface area contributed by atoms with Gasteiger partial charge in [0.05, 0.1) is 24.4 Å². The van der Waals surface area contributed by atoms with Gasteiger partial charge in [-0.05, 0) is 23.9 Å². The summed E-state index contributed by atoms with van der Waals surface area (Å²) >= 11 is 1.56. The second-order valence-electron chi connectivity index (χ2n) is 5.76. The molecule has 0 spiro atoms.